The molecule has 2 aliphatic heterocycles. The Balaban J connectivity index is 0.990. The van der Waals surface area contributed by atoms with Gasteiger partial charge in [0.15, 0.2) is 41.5 Å². The molecule has 1 saturated heterocycles. The molecule has 1 amide bonds. The summed E-state index contributed by atoms with van der Waals surface area (Å²) < 4.78 is 64.9. The van der Waals surface area contributed by atoms with Gasteiger partial charge in [0.25, 0.3) is 5.91 Å². The minimum Gasteiger partial charge on any atom is -0.468 e. The molecule has 0 saturated carbocycles. The second-order valence-electron chi connectivity index (χ2n) is 15.5. The molecule has 5 aromatic rings. The number of rotatable bonds is 21. The highest BCUT2D eigenvalue weighted by Gasteiger charge is 2.49. The topological polar surface area (TPSA) is 407 Å². The summed E-state index contributed by atoms with van der Waals surface area (Å²) in [5.41, 5.74) is 17.3. The van der Waals surface area contributed by atoms with Crippen LogP contribution in [0.4, 0.5) is 17.3 Å². The molecule has 0 aliphatic carbocycles. The lowest BCUT2D eigenvalue weighted by Crippen LogP contribution is -2.43. The minimum absolute atomic E-state index is 0.00238. The van der Waals surface area contributed by atoms with Gasteiger partial charge in [-0.2, -0.15) is 4.98 Å². The van der Waals surface area contributed by atoms with E-state index in [-0.39, 0.29) is 47.7 Å². The summed E-state index contributed by atoms with van der Waals surface area (Å²) in [6.45, 7) is 3.74. The maximum Gasteiger partial charge on any atom is 0.527 e. The number of nitrogens with two attached hydrogens (primary N) is 3. The number of imidazole rings is 1. The largest absolute Gasteiger partial charge is 0.527 e. The third-order valence-corrected chi connectivity index (χ3v) is 12.3. The fourth-order valence-corrected chi connectivity index (χ4v) is 8.61. The Morgan fingerprint density at radius 2 is 1.80 bits per heavy atom. The second-order valence-corrected chi connectivity index (χ2v) is 18.1. The first-order valence-electron chi connectivity index (χ1n) is 21.2. The predicted molar refractivity (Wildman–Crippen MR) is 239 cm³/mol. The van der Waals surface area contributed by atoms with Crippen LogP contribution in [0.3, 0.4) is 0 Å². The molecular formula is C39H49N11O17P2. The smallest absolute Gasteiger partial charge is 0.468 e. The van der Waals surface area contributed by atoms with Gasteiger partial charge in [0.2, 0.25) is 0 Å². The summed E-state index contributed by atoms with van der Waals surface area (Å²) in [5, 5.41) is 14.8. The third-order valence-electron chi connectivity index (χ3n) is 10.9. The molecular weight excluding hydrogens is 956 g/mol. The zero-order chi connectivity index (χ0) is 49.8. The van der Waals surface area contributed by atoms with Crippen molar-refractivity contribution in [2.75, 3.05) is 49.2 Å². The van der Waals surface area contributed by atoms with Gasteiger partial charge in [-0.15, -0.1) is 0 Å². The van der Waals surface area contributed by atoms with Crippen molar-refractivity contribution in [3.05, 3.63) is 87.2 Å². The van der Waals surface area contributed by atoms with Crippen molar-refractivity contribution < 1.29 is 70.7 Å². The molecule has 7 atom stereocenters. The van der Waals surface area contributed by atoms with Gasteiger partial charge in [-0.3, -0.25) is 32.7 Å². The van der Waals surface area contributed by atoms with Crippen LogP contribution in [0.2, 0.25) is 0 Å². The molecule has 11 N–H and O–H groups in total. The Labute approximate surface area is 389 Å². The average Bonchev–Trinajstić information content (AvgIpc) is 3.99. The van der Waals surface area contributed by atoms with E-state index in [4.69, 9.17) is 44.9 Å². The second kappa shape index (κ2) is 21.1. The molecule has 69 heavy (non-hydrogen) atoms. The van der Waals surface area contributed by atoms with Crippen LogP contribution in [0.25, 0.3) is 22.1 Å². The van der Waals surface area contributed by atoms with E-state index in [2.05, 4.69) is 34.7 Å². The number of aliphatic hydroxyl groups is 1. The number of nitrogens with zero attached hydrogens (tertiary/aromatic N) is 7. The van der Waals surface area contributed by atoms with Crippen molar-refractivity contribution in [1.29, 1.82) is 0 Å². The fraction of sp³-hybridized carbons (Fsp3) is 0.436. The van der Waals surface area contributed by atoms with E-state index in [1.54, 1.807) is 12.1 Å². The summed E-state index contributed by atoms with van der Waals surface area (Å²) in [4.78, 5) is 99.0. The van der Waals surface area contributed by atoms with E-state index in [1.807, 2.05) is 19.9 Å². The lowest BCUT2D eigenvalue weighted by molar-refractivity contribution is -0.158. The third kappa shape index (κ3) is 11.9. The van der Waals surface area contributed by atoms with E-state index < -0.39 is 107 Å². The van der Waals surface area contributed by atoms with Crippen LogP contribution in [0, 0.1) is 0 Å². The lowest BCUT2D eigenvalue weighted by atomic mass is 10.1. The number of carbonyl (C=O) groups excluding carboxylic acids is 2. The van der Waals surface area contributed by atoms with Crippen LogP contribution >= 0.6 is 15.6 Å². The van der Waals surface area contributed by atoms with Gasteiger partial charge in [0.1, 0.15) is 53.7 Å². The van der Waals surface area contributed by atoms with Gasteiger partial charge in [-0.1, -0.05) is 0 Å². The number of unbranched alkanes of at least 4 members (excludes halogenated alkanes) is 1. The van der Waals surface area contributed by atoms with Crippen LogP contribution in [0.15, 0.2) is 74.7 Å². The lowest BCUT2D eigenvalue weighted by Gasteiger charge is -2.23. The monoisotopic (exact) mass is 1010 g/mol. The molecule has 1 aromatic carbocycles. The quantitative estimate of drug-likeness (QED) is 0.0217. The number of aliphatic hydroxyl groups excluding tert-OH is 1. The van der Waals surface area contributed by atoms with Crippen molar-refractivity contribution in [2.45, 2.75) is 76.3 Å². The van der Waals surface area contributed by atoms with Crippen LogP contribution in [-0.4, -0.2) is 118 Å². The summed E-state index contributed by atoms with van der Waals surface area (Å²) in [6.07, 6.45) is -3.87. The van der Waals surface area contributed by atoms with Crippen molar-refractivity contribution in [2.24, 2.45) is 5.73 Å². The van der Waals surface area contributed by atoms with Gasteiger partial charge in [0, 0.05) is 43.0 Å². The highest BCUT2D eigenvalue weighted by atomic mass is 31.2. The van der Waals surface area contributed by atoms with E-state index in [0.29, 0.717) is 17.4 Å². The summed E-state index contributed by atoms with van der Waals surface area (Å²) in [7, 11) is -10.4. The van der Waals surface area contributed by atoms with E-state index in [0.717, 1.165) is 29.7 Å². The average molecular weight is 1010 g/mol. The number of nitrogen functional groups attached to an aromatic ring is 2. The number of esters is 1. The number of fused-ring (bicyclic) bond motifs is 2. The molecule has 3 unspecified atom stereocenters. The number of nitrogens with one attached hydrogen (secondary N) is 1. The van der Waals surface area contributed by atoms with Gasteiger partial charge in [-0.05, 0) is 57.4 Å². The molecule has 1 fully saturated rings. The number of hydrogen-bond donors (Lipinski definition) is 8. The van der Waals surface area contributed by atoms with Gasteiger partial charge < -0.3 is 65.5 Å². The zero-order valence-corrected chi connectivity index (χ0v) is 38.6. The minimum atomic E-state index is -5.28. The Kier molecular flexibility index (Phi) is 15.5. The number of carbonyl (C=O) groups is 2. The number of amides is 1. The van der Waals surface area contributed by atoms with Crippen molar-refractivity contribution >= 4 is 67.0 Å². The van der Waals surface area contributed by atoms with E-state index >= 15 is 0 Å². The van der Waals surface area contributed by atoms with Crippen LogP contribution in [-0.2, 0) is 41.7 Å². The highest BCUT2D eigenvalue weighted by molar-refractivity contribution is 7.47. The molecule has 6 heterocycles. The Morgan fingerprint density at radius 1 is 1.03 bits per heavy atom. The van der Waals surface area contributed by atoms with E-state index in [1.165, 1.54) is 29.2 Å². The number of benzene rings is 1. The van der Waals surface area contributed by atoms with Crippen LogP contribution in [0.5, 0.6) is 0 Å². The number of phosphoric acid groups is 2. The number of anilines is 3. The van der Waals surface area contributed by atoms with Crippen molar-refractivity contribution in [3.8, 4) is 0 Å². The van der Waals surface area contributed by atoms with Crippen LogP contribution < -0.4 is 38.7 Å². The van der Waals surface area contributed by atoms with Gasteiger partial charge in [-0.25, -0.2) is 33.7 Å². The first-order chi connectivity index (χ1) is 32.7. The molecule has 30 heteroatoms. The summed E-state index contributed by atoms with van der Waals surface area (Å²) in [5.74, 6) is -2.79. The van der Waals surface area contributed by atoms with Crippen molar-refractivity contribution in [3.63, 3.8) is 0 Å². The first-order valence-corrected chi connectivity index (χ1v) is 24.2. The summed E-state index contributed by atoms with van der Waals surface area (Å²) >= 11 is 0. The molecule has 0 radical (unpaired) electrons. The maximum absolute atomic E-state index is 13.5. The standard InChI is InChI=1S/C39H49N11O17P2/c1-3-48(4-2)21-9-8-20-13-22(37(53)65-24(20)14-21)35(52)43-11-6-5-7-23(40)38(54)66-32-27(64-36(31(32)51)50-19-46-30-33(42)44-18-45-34(30)50)17-62-69(59,60)67-25-15-29(49-12-10-28(41)47-39(49)55)63-26(25)16-61-68(56,57)58/h8-10,12-14,18-19,23,27,29,31-32,36,51H,3-7,11,15-17,40H2,1-2H3,(H,43,52)(H,59,60)(H2,41,47,55)(H2,42,44,45)(H2,56,57,58)/t23-,27+,29+,31?,32?,36+/m0/s1. The normalized spacial score (nSPS) is 20.7. The number of aromatic nitrogens is 6. The molecule has 28 nitrogen and oxygen atoms in total. The molecule has 2 aliphatic rings. The SMILES string of the molecule is CCN(CC)c1ccc2cc(C(=O)NCCCC[C@H](N)C(=O)OC3C(O)[C@H](n4cnc5c(N)ncnc54)O[C@@H]3COP(=O)(O)OC3=C(COP(=O)(O)O)O[C@@H](n4ccc(N)nc4=O)C3)c(=O)oc2c1. The highest BCUT2D eigenvalue weighted by Crippen LogP contribution is 2.51. The maximum atomic E-state index is 13.5. The summed E-state index contributed by atoms with van der Waals surface area (Å²) in [6, 6.07) is 6.81. The molecule has 372 valence electrons. The number of hydrogen-bond acceptors (Lipinski definition) is 22. The Morgan fingerprint density at radius 3 is 2.52 bits per heavy atom. The molecule has 4 aromatic heterocycles. The first kappa shape index (κ1) is 50.6. The number of phosphoric ester groups is 2. The zero-order valence-electron chi connectivity index (χ0n) is 36.8. The molecule has 0 spiro atoms. The predicted octanol–water partition coefficient (Wildman–Crippen LogP) is 0.671. The van der Waals surface area contributed by atoms with Crippen LogP contribution in [0.1, 0.15) is 62.3 Å². The molecule has 0 bridgehead atoms. The Bertz CT molecular complexity index is 2960. The van der Waals surface area contributed by atoms with E-state index in [9.17, 15) is 48.1 Å². The van der Waals surface area contributed by atoms with Crippen molar-refractivity contribution in [1.82, 2.24) is 34.4 Å². The fourth-order valence-electron chi connectivity index (χ4n) is 7.48. The number of ether oxygens (including phenoxy) is 3. The Hall–Kier alpha value is -6.32. The van der Waals surface area contributed by atoms with Gasteiger partial charge >= 0.3 is 32.9 Å². The molecule has 7 rings (SSSR count). The van der Waals surface area contributed by atoms with Gasteiger partial charge in [0.05, 0.1) is 19.4 Å².